The quantitative estimate of drug-likeness (QED) is 0.684. The first kappa shape index (κ1) is 12.7. The third-order valence-electron chi connectivity index (χ3n) is 2.75. The van der Waals surface area contributed by atoms with Gasteiger partial charge in [0.05, 0.1) is 11.6 Å². The Morgan fingerprint density at radius 2 is 2.28 bits per heavy atom. The molecule has 18 heavy (non-hydrogen) atoms. The predicted octanol–water partition coefficient (Wildman–Crippen LogP) is 0.341. The van der Waals surface area contributed by atoms with E-state index in [1.165, 1.54) is 11.3 Å². The number of carbonyl (C=O) groups excluding carboxylic acids is 2. The van der Waals surface area contributed by atoms with Gasteiger partial charge >= 0.3 is 5.97 Å². The van der Waals surface area contributed by atoms with Crippen LogP contribution in [0.15, 0.2) is 10.8 Å². The zero-order chi connectivity index (χ0) is 13.1. The number of carboxylic acids is 1. The molecule has 1 aliphatic rings. The van der Waals surface area contributed by atoms with E-state index in [2.05, 4.69) is 10.6 Å². The van der Waals surface area contributed by atoms with Crippen molar-refractivity contribution >= 4 is 29.1 Å². The number of hydrogen-bond donors (Lipinski definition) is 3. The van der Waals surface area contributed by atoms with Crippen molar-refractivity contribution in [2.24, 2.45) is 0 Å². The van der Waals surface area contributed by atoms with Crippen molar-refractivity contribution in [3.05, 3.63) is 21.9 Å². The van der Waals surface area contributed by atoms with Crippen LogP contribution in [-0.2, 0) is 16.1 Å². The van der Waals surface area contributed by atoms with E-state index in [0.717, 1.165) is 0 Å². The minimum atomic E-state index is -0.976. The van der Waals surface area contributed by atoms with Gasteiger partial charge in [0.25, 0.3) is 0 Å². The SMILES string of the molecule is O=C1CCC(NCc2cscc2C(=O)O)C(=O)N1. The minimum absolute atomic E-state index is 0.250. The van der Waals surface area contributed by atoms with Gasteiger partial charge in [-0.1, -0.05) is 0 Å². The second-order valence-corrected chi connectivity index (χ2v) is 4.74. The molecule has 6 nitrogen and oxygen atoms in total. The molecule has 0 spiro atoms. The van der Waals surface area contributed by atoms with Crippen LogP contribution in [0, 0.1) is 0 Å². The molecule has 1 fully saturated rings. The molecule has 1 aromatic heterocycles. The largest absolute Gasteiger partial charge is 0.478 e. The molecule has 0 bridgehead atoms. The number of imide groups is 1. The molecule has 1 unspecified atom stereocenters. The second-order valence-electron chi connectivity index (χ2n) is 4.00. The lowest BCUT2D eigenvalue weighted by molar-refractivity contribution is -0.134. The molecule has 1 atom stereocenters. The molecule has 1 saturated heterocycles. The first-order valence-electron chi connectivity index (χ1n) is 5.43. The highest BCUT2D eigenvalue weighted by atomic mass is 32.1. The average molecular weight is 268 g/mol. The van der Waals surface area contributed by atoms with E-state index in [1.54, 1.807) is 10.8 Å². The minimum Gasteiger partial charge on any atom is -0.478 e. The summed E-state index contributed by atoms with van der Waals surface area (Å²) in [7, 11) is 0. The number of piperidine rings is 1. The van der Waals surface area contributed by atoms with E-state index in [4.69, 9.17) is 5.11 Å². The molecule has 1 aliphatic heterocycles. The number of nitrogens with one attached hydrogen (secondary N) is 2. The fraction of sp³-hybridized carbons (Fsp3) is 0.364. The highest BCUT2D eigenvalue weighted by molar-refractivity contribution is 7.08. The van der Waals surface area contributed by atoms with Crippen LogP contribution < -0.4 is 10.6 Å². The van der Waals surface area contributed by atoms with Gasteiger partial charge in [-0.05, 0) is 17.4 Å². The highest BCUT2D eigenvalue weighted by Crippen LogP contribution is 2.15. The van der Waals surface area contributed by atoms with Gasteiger partial charge in [-0.15, -0.1) is 0 Å². The molecule has 2 amide bonds. The molecule has 7 heteroatoms. The van der Waals surface area contributed by atoms with Gasteiger partial charge in [-0.25, -0.2) is 4.79 Å². The fourth-order valence-corrected chi connectivity index (χ4v) is 2.60. The number of rotatable bonds is 4. The standard InChI is InChI=1S/C11H12N2O4S/c14-9-2-1-8(10(15)13-9)12-3-6-4-18-5-7(6)11(16)17/h4-5,8,12H,1-3H2,(H,16,17)(H,13,14,15). The predicted molar refractivity (Wildman–Crippen MR) is 64.3 cm³/mol. The van der Waals surface area contributed by atoms with E-state index in [1.807, 2.05) is 0 Å². The maximum Gasteiger partial charge on any atom is 0.336 e. The average Bonchev–Trinajstić information content (AvgIpc) is 2.76. The van der Waals surface area contributed by atoms with E-state index in [-0.39, 0.29) is 17.4 Å². The first-order valence-corrected chi connectivity index (χ1v) is 6.37. The number of carbonyl (C=O) groups is 3. The van der Waals surface area contributed by atoms with E-state index >= 15 is 0 Å². The number of carboxylic acid groups (broad SMARTS) is 1. The van der Waals surface area contributed by atoms with Crippen LogP contribution in [-0.4, -0.2) is 28.9 Å². The summed E-state index contributed by atoms with van der Waals surface area (Å²) >= 11 is 1.31. The van der Waals surface area contributed by atoms with Crippen molar-refractivity contribution in [2.75, 3.05) is 0 Å². The number of hydrogen-bond acceptors (Lipinski definition) is 5. The molecule has 0 aromatic carbocycles. The van der Waals surface area contributed by atoms with Crippen LogP contribution in [0.1, 0.15) is 28.8 Å². The third kappa shape index (κ3) is 2.74. The maximum absolute atomic E-state index is 11.5. The van der Waals surface area contributed by atoms with Gasteiger partial charge in [0.15, 0.2) is 0 Å². The van der Waals surface area contributed by atoms with Gasteiger partial charge < -0.3 is 10.4 Å². The summed E-state index contributed by atoms with van der Waals surface area (Å²) < 4.78 is 0. The topological polar surface area (TPSA) is 95.5 Å². The Morgan fingerprint density at radius 1 is 1.50 bits per heavy atom. The van der Waals surface area contributed by atoms with Crippen molar-refractivity contribution in [1.82, 2.24) is 10.6 Å². The van der Waals surface area contributed by atoms with Gasteiger partial charge in [-0.2, -0.15) is 11.3 Å². The van der Waals surface area contributed by atoms with Crippen LogP contribution in [0.5, 0.6) is 0 Å². The number of thiophene rings is 1. The van der Waals surface area contributed by atoms with E-state index < -0.39 is 12.0 Å². The Bertz CT molecular complexity index is 497. The third-order valence-corrected chi connectivity index (χ3v) is 3.54. The fourth-order valence-electron chi connectivity index (χ4n) is 1.77. The van der Waals surface area contributed by atoms with Crippen molar-refractivity contribution in [3.8, 4) is 0 Å². The lowest BCUT2D eigenvalue weighted by Crippen LogP contribution is -2.50. The Hall–Kier alpha value is -1.73. The molecular weight excluding hydrogens is 256 g/mol. The van der Waals surface area contributed by atoms with Crippen LogP contribution in [0.25, 0.3) is 0 Å². The lowest BCUT2D eigenvalue weighted by Gasteiger charge is -2.21. The summed E-state index contributed by atoms with van der Waals surface area (Å²) in [6.07, 6.45) is 0.746. The van der Waals surface area contributed by atoms with Crippen molar-refractivity contribution in [3.63, 3.8) is 0 Å². The molecule has 2 rings (SSSR count). The summed E-state index contributed by atoms with van der Waals surface area (Å²) in [5.41, 5.74) is 0.900. The van der Waals surface area contributed by atoms with Gasteiger partial charge in [-0.3, -0.25) is 14.9 Å². The molecular formula is C11H12N2O4S. The number of aromatic carboxylic acids is 1. The zero-order valence-electron chi connectivity index (χ0n) is 9.43. The molecule has 0 saturated carbocycles. The number of amides is 2. The summed E-state index contributed by atoms with van der Waals surface area (Å²) in [5.74, 6) is -1.59. The van der Waals surface area contributed by atoms with Crippen LogP contribution in [0.2, 0.25) is 0 Å². The normalized spacial score (nSPS) is 19.7. The first-order chi connectivity index (χ1) is 8.58. The van der Waals surface area contributed by atoms with E-state index in [9.17, 15) is 14.4 Å². The summed E-state index contributed by atoms with van der Waals surface area (Å²) in [6.45, 7) is 0.303. The van der Waals surface area contributed by atoms with Crippen molar-refractivity contribution in [2.45, 2.75) is 25.4 Å². The summed E-state index contributed by atoms with van der Waals surface area (Å²) in [6, 6.07) is -0.441. The van der Waals surface area contributed by atoms with Crippen molar-refractivity contribution in [1.29, 1.82) is 0 Å². The molecule has 0 radical (unpaired) electrons. The molecule has 2 heterocycles. The van der Waals surface area contributed by atoms with Gasteiger partial charge in [0.1, 0.15) is 0 Å². The monoisotopic (exact) mass is 268 g/mol. The molecule has 1 aromatic rings. The zero-order valence-corrected chi connectivity index (χ0v) is 10.3. The maximum atomic E-state index is 11.5. The van der Waals surface area contributed by atoms with Gasteiger partial charge in [0, 0.05) is 18.3 Å². The summed E-state index contributed by atoms with van der Waals surface area (Å²) in [5, 5.41) is 17.4. The smallest absolute Gasteiger partial charge is 0.336 e. The second kappa shape index (κ2) is 5.28. The molecule has 3 N–H and O–H groups in total. The Labute approximate surface area is 107 Å². The molecule has 96 valence electrons. The van der Waals surface area contributed by atoms with Crippen LogP contribution in [0.4, 0.5) is 0 Å². The van der Waals surface area contributed by atoms with Crippen molar-refractivity contribution < 1.29 is 19.5 Å². The summed E-state index contributed by atoms with van der Waals surface area (Å²) in [4.78, 5) is 33.3. The molecule has 0 aliphatic carbocycles. The van der Waals surface area contributed by atoms with Crippen LogP contribution in [0.3, 0.4) is 0 Å². The Balaban J connectivity index is 1.95. The van der Waals surface area contributed by atoms with E-state index in [0.29, 0.717) is 24.9 Å². The highest BCUT2D eigenvalue weighted by Gasteiger charge is 2.26. The van der Waals surface area contributed by atoms with Gasteiger partial charge in [0.2, 0.25) is 11.8 Å². The lowest BCUT2D eigenvalue weighted by atomic mass is 10.1. The Kier molecular flexibility index (Phi) is 3.73. The van der Waals surface area contributed by atoms with Crippen LogP contribution >= 0.6 is 11.3 Å². The Morgan fingerprint density at radius 3 is 2.94 bits per heavy atom.